The van der Waals surface area contributed by atoms with Crippen molar-refractivity contribution in [3.05, 3.63) is 45.8 Å². The minimum atomic E-state index is -1.15. The minimum absolute atomic E-state index is 0.0299. The number of hydrogen-bond donors (Lipinski definition) is 2. The Balaban J connectivity index is 2.02. The van der Waals surface area contributed by atoms with Gasteiger partial charge in [0.1, 0.15) is 5.69 Å². The maximum atomic E-state index is 11.0. The molecule has 1 aromatic carbocycles. The van der Waals surface area contributed by atoms with Gasteiger partial charge >= 0.3 is 5.97 Å². The van der Waals surface area contributed by atoms with E-state index in [1.54, 1.807) is 25.1 Å². The molecular formula is C12H13N5O4. The normalized spacial score (nSPS) is 10.3. The highest BCUT2D eigenvalue weighted by atomic mass is 16.6. The van der Waals surface area contributed by atoms with Gasteiger partial charge in [0, 0.05) is 12.1 Å². The highest BCUT2D eigenvalue weighted by molar-refractivity contribution is 5.84. The molecule has 0 spiro atoms. The summed E-state index contributed by atoms with van der Waals surface area (Å²) >= 11 is 0. The van der Waals surface area contributed by atoms with Crippen LogP contribution in [-0.4, -0.2) is 37.5 Å². The Bertz CT molecular complexity index is 682. The summed E-state index contributed by atoms with van der Waals surface area (Å²) in [5.74, 6) is -1.15. The number of nitrogens with zero attached hydrogens (tertiary/aromatic N) is 4. The minimum Gasteiger partial charge on any atom is -0.476 e. The number of nitrogens with one attached hydrogen (secondary N) is 1. The number of rotatable bonds is 6. The zero-order valence-corrected chi connectivity index (χ0v) is 11.2. The molecule has 0 atom stereocenters. The van der Waals surface area contributed by atoms with E-state index in [-0.39, 0.29) is 11.4 Å². The molecule has 0 saturated heterocycles. The molecule has 2 N–H and O–H groups in total. The van der Waals surface area contributed by atoms with Gasteiger partial charge in [-0.3, -0.25) is 10.1 Å². The summed E-state index contributed by atoms with van der Waals surface area (Å²) in [5, 5.41) is 29.8. The summed E-state index contributed by atoms with van der Waals surface area (Å²) in [6.07, 6.45) is 1.30. The molecule has 2 rings (SSSR count). The highest BCUT2D eigenvalue weighted by Crippen LogP contribution is 2.27. The maximum Gasteiger partial charge on any atom is 0.358 e. The Kier molecular flexibility index (Phi) is 4.12. The van der Waals surface area contributed by atoms with Crippen LogP contribution in [0.4, 0.5) is 11.4 Å². The van der Waals surface area contributed by atoms with Crippen molar-refractivity contribution in [2.45, 2.75) is 13.5 Å². The van der Waals surface area contributed by atoms with E-state index in [0.29, 0.717) is 24.3 Å². The number of hydrogen-bond acceptors (Lipinski definition) is 6. The van der Waals surface area contributed by atoms with Crippen LogP contribution in [0.5, 0.6) is 0 Å². The molecule has 0 aliphatic heterocycles. The number of anilines is 1. The molecule has 0 fully saturated rings. The molecule has 0 radical (unpaired) electrons. The van der Waals surface area contributed by atoms with Crippen LogP contribution in [0.1, 0.15) is 16.1 Å². The smallest absolute Gasteiger partial charge is 0.358 e. The van der Waals surface area contributed by atoms with Crippen molar-refractivity contribution in [3.8, 4) is 0 Å². The van der Waals surface area contributed by atoms with Crippen LogP contribution in [0.25, 0.3) is 0 Å². The molecule has 0 aliphatic carbocycles. The van der Waals surface area contributed by atoms with Crippen LogP contribution in [0.2, 0.25) is 0 Å². The van der Waals surface area contributed by atoms with Gasteiger partial charge in [0.2, 0.25) is 0 Å². The Morgan fingerprint density at radius 3 is 2.90 bits per heavy atom. The molecule has 2 aromatic rings. The van der Waals surface area contributed by atoms with E-state index in [4.69, 9.17) is 5.11 Å². The quantitative estimate of drug-likeness (QED) is 0.607. The van der Waals surface area contributed by atoms with Crippen molar-refractivity contribution < 1.29 is 14.8 Å². The van der Waals surface area contributed by atoms with Gasteiger partial charge in [-0.25, -0.2) is 9.48 Å². The fourth-order valence-corrected chi connectivity index (χ4v) is 1.85. The van der Waals surface area contributed by atoms with Gasteiger partial charge < -0.3 is 10.4 Å². The first kappa shape index (κ1) is 14.4. The fourth-order valence-electron chi connectivity index (χ4n) is 1.85. The number of para-hydroxylation sites is 1. The number of aryl methyl sites for hydroxylation is 1. The molecule has 0 bridgehead atoms. The summed E-state index contributed by atoms with van der Waals surface area (Å²) in [5.41, 5.74) is 0.872. The van der Waals surface area contributed by atoms with Gasteiger partial charge in [0.25, 0.3) is 5.69 Å². The van der Waals surface area contributed by atoms with Gasteiger partial charge in [-0.15, -0.1) is 5.10 Å². The molecule has 0 saturated carbocycles. The van der Waals surface area contributed by atoms with Crippen LogP contribution in [0.3, 0.4) is 0 Å². The second-order valence-corrected chi connectivity index (χ2v) is 4.33. The van der Waals surface area contributed by atoms with Crippen molar-refractivity contribution in [2.24, 2.45) is 0 Å². The molecule has 0 amide bonds. The average Bonchev–Trinajstić information content (AvgIpc) is 2.87. The Hall–Kier alpha value is -2.97. The first-order valence-electron chi connectivity index (χ1n) is 6.10. The summed E-state index contributed by atoms with van der Waals surface area (Å²) in [6.45, 7) is 2.36. The summed E-state index contributed by atoms with van der Waals surface area (Å²) in [6, 6.07) is 5.01. The summed E-state index contributed by atoms with van der Waals surface area (Å²) in [4.78, 5) is 21.3. The number of benzene rings is 1. The second-order valence-electron chi connectivity index (χ2n) is 4.33. The predicted molar refractivity (Wildman–Crippen MR) is 73.3 cm³/mol. The van der Waals surface area contributed by atoms with Crippen molar-refractivity contribution in [3.63, 3.8) is 0 Å². The van der Waals surface area contributed by atoms with E-state index < -0.39 is 10.9 Å². The van der Waals surface area contributed by atoms with E-state index >= 15 is 0 Å². The van der Waals surface area contributed by atoms with Crippen molar-refractivity contribution >= 4 is 17.3 Å². The van der Waals surface area contributed by atoms with Crippen molar-refractivity contribution in [1.29, 1.82) is 0 Å². The van der Waals surface area contributed by atoms with Crippen LogP contribution < -0.4 is 5.32 Å². The van der Waals surface area contributed by atoms with E-state index in [9.17, 15) is 14.9 Å². The molecule has 110 valence electrons. The van der Waals surface area contributed by atoms with Crippen molar-refractivity contribution in [1.82, 2.24) is 15.0 Å². The lowest BCUT2D eigenvalue weighted by atomic mass is 10.1. The van der Waals surface area contributed by atoms with E-state index in [2.05, 4.69) is 15.6 Å². The fraction of sp³-hybridized carbons (Fsp3) is 0.250. The zero-order chi connectivity index (χ0) is 15.4. The lowest BCUT2D eigenvalue weighted by Gasteiger charge is -2.08. The first-order chi connectivity index (χ1) is 9.99. The SMILES string of the molecule is Cc1cccc(NCCn2cc(C(=O)O)nn2)c1[N+](=O)[O-]. The monoisotopic (exact) mass is 291 g/mol. The number of carboxylic acid groups (broad SMARTS) is 1. The van der Waals surface area contributed by atoms with E-state index in [1.807, 2.05) is 0 Å². The van der Waals surface area contributed by atoms with E-state index in [1.165, 1.54) is 10.9 Å². The van der Waals surface area contributed by atoms with Crippen molar-refractivity contribution in [2.75, 3.05) is 11.9 Å². The Morgan fingerprint density at radius 1 is 1.52 bits per heavy atom. The van der Waals surface area contributed by atoms with Gasteiger partial charge in [-0.1, -0.05) is 17.3 Å². The van der Waals surface area contributed by atoms with Crippen LogP contribution in [-0.2, 0) is 6.54 Å². The molecule has 9 nitrogen and oxygen atoms in total. The predicted octanol–water partition coefficient (Wildman–Crippen LogP) is 1.31. The zero-order valence-electron chi connectivity index (χ0n) is 11.2. The average molecular weight is 291 g/mol. The third-order valence-corrected chi connectivity index (χ3v) is 2.83. The van der Waals surface area contributed by atoms with Gasteiger partial charge in [0.15, 0.2) is 5.69 Å². The molecule has 21 heavy (non-hydrogen) atoms. The lowest BCUT2D eigenvalue weighted by molar-refractivity contribution is -0.384. The number of carboxylic acids is 1. The van der Waals surface area contributed by atoms with Crippen LogP contribution in [0.15, 0.2) is 24.4 Å². The summed E-state index contributed by atoms with van der Waals surface area (Å²) in [7, 11) is 0. The number of nitro groups is 1. The number of nitro benzene ring substituents is 1. The topological polar surface area (TPSA) is 123 Å². The third kappa shape index (κ3) is 3.32. The molecule has 9 heteroatoms. The van der Waals surface area contributed by atoms with E-state index in [0.717, 1.165) is 0 Å². The van der Waals surface area contributed by atoms with Crippen LogP contribution >= 0.6 is 0 Å². The van der Waals surface area contributed by atoms with Gasteiger partial charge in [-0.2, -0.15) is 0 Å². The lowest BCUT2D eigenvalue weighted by Crippen LogP contribution is -2.12. The number of aromatic nitrogens is 3. The molecular weight excluding hydrogens is 278 g/mol. The van der Waals surface area contributed by atoms with Gasteiger partial charge in [0.05, 0.1) is 17.7 Å². The molecule has 1 heterocycles. The molecule has 1 aromatic heterocycles. The highest BCUT2D eigenvalue weighted by Gasteiger charge is 2.16. The van der Waals surface area contributed by atoms with Gasteiger partial charge in [-0.05, 0) is 13.0 Å². The standard InChI is InChI=1S/C12H13N5O4/c1-8-3-2-4-9(11(8)17(20)21)13-5-6-16-7-10(12(18)19)14-15-16/h2-4,7,13H,5-6H2,1H3,(H,18,19). The maximum absolute atomic E-state index is 11.0. The second kappa shape index (κ2) is 5.99. The third-order valence-electron chi connectivity index (χ3n) is 2.83. The van der Waals surface area contributed by atoms with Crippen LogP contribution in [0, 0.1) is 17.0 Å². The number of carbonyl (C=O) groups is 1. The number of aromatic carboxylic acids is 1. The molecule has 0 unspecified atom stereocenters. The molecule has 0 aliphatic rings. The largest absolute Gasteiger partial charge is 0.476 e. The Morgan fingerprint density at radius 2 is 2.29 bits per heavy atom. The Labute approximate surface area is 119 Å². The first-order valence-corrected chi connectivity index (χ1v) is 6.10. The summed E-state index contributed by atoms with van der Waals surface area (Å²) < 4.78 is 1.36.